The van der Waals surface area contributed by atoms with E-state index in [2.05, 4.69) is 19.2 Å². The van der Waals surface area contributed by atoms with Gasteiger partial charge in [-0.15, -0.1) is 0 Å². The van der Waals surface area contributed by atoms with Crippen molar-refractivity contribution in [2.45, 2.75) is 44.9 Å². The lowest BCUT2D eigenvalue weighted by Gasteiger charge is -2.38. The Kier molecular flexibility index (Phi) is 4.40. The molecule has 3 nitrogen and oxygen atoms in total. The Morgan fingerprint density at radius 1 is 1.11 bits per heavy atom. The highest BCUT2D eigenvalue weighted by atomic mass is 19.4. The maximum atomic E-state index is 13.0. The van der Waals surface area contributed by atoms with Crippen LogP contribution in [-0.4, -0.2) is 23.5 Å². The number of rotatable bonds is 2. The van der Waals surface area contributed by atoms with Crippen molar-refractivity contribution < 1.29 is 18.0 Å². The number of alkyl halides is 3. The summed E-state index contributed by atoms with van der Waals surface area (Å²) in [6.45, 7) is 4.75. The minimum Gasteiger partial charge on any atom is -0.335 e. The first kappa shape index (κ1) is 18.8. The van der Waals surface area contributed by atoms with Crippen LogP contribution in [0.3, 0.4) is 0 Å². The summed E-state index contributed by atoms with van der Waals surface area (Å²) in [6, 6.07) is 12.6. The van der Waals surface area contributed by atoms with E-state index >= 15 is 0 Å². The molecule has 1 unspecified atom stereocenters. The molecule has 0 saturated heterocycles. The molecule has 0 aromatic heterocycles. The van der Waals surface area contributed by atoms with Gasteiger partial charge in [0.15, 0.2) is 0 Å². The van der Waals surface area contributed by atoms with E-state index in [9.17, 15) is 18.0 Å². The molecule has 1 aliphatic carbocycles. The van der Waals surface area contributed by atoms with Crippen molar-refractivity contribution in [2.24, 2.45) is 5.41 Å². The second kappa shape index (κ2) is 6.54. The fourth-order valence-electron chi connectivity index (χ4n) is 3.94. The van der Waals surface area contributed by atoms with Gasteiger partial charge in [-0.2, -0.15) is 13.2 Å². The zero-order chi connectivity index (χ0) is 20.1. The second-order valence-electron chi connectivity index (χ2n) is 8.36. The molecule has 0 spiro atoms. The van der Waals surface area contributed by atoms with Crippen LogP contribution in [0.5, 0.6) is 0 Å². The molecule has 1 N–H and O–H groups in total. The first-order chi connectivity index (χ1) is 13.2. The molecular weight excluding hydrogens is 365 g/mol. The van der Waals surface area contributed by atoms with E-state index in [1.807, 2.05) is 24.3 Å². The number of nitrogens with one attached hydrogen (secondary N) is 1. The van der Waals surface area contributed by atoms with Gasteiger partial charge in [0.2, 0.25) is 0 Å². The lowest BCUT2D eigenvalue weighted by atomic mass is 9.88. The Bertz CT molecular complexity index is 889. The molecule has 2 aliphatic rings. The van der Waals surface area contributed by atoms with Gasteiger partial charge in [-0.3, -0.25) is 0 Å². The standard InChI is InChI=1S/C22H23F3N2O/c1-21(2)13-18(21)26-20(28)27-12-11-14-5-3-4-6-17(14)19(27)15-7-9-16(10-8-15)22(23,24)25/h3-10,18-19H,11-13H2,1-2H3,(H,26,28)/t18?,19-/m1/s1. The van der Waals surface area contributed by atoms with E-state index in [1.54, 1.807) is 4.90 Å². The number of halogens is 3. The van der Waals surface area contributed by atoms with E-state index in [1.165, 1.54) is 12.1 Å². The van der Waals surface area contributed by atoms with E-state index in [4.69, 9.17) is 0 Å². The van der Waals surface area contributed by atoms with Crippen molar-refractivity contribution in [2.75, 3.05) is 6.54 Å². The third-order valence-corrected chi connectivity index (χ3v) is 5.91. The zero-order valence-corrected chi connectivity index (χ0v) is 15.9. The normalized spacial score (nSPS) is 23.1. The smallest absolute Gasteiger partial charge is 0.335 e. The Morgan fingerprint density at radius 2 is 1.75 bits per heavy atom. The maximum Gasteiger partial charge on any atom is 0.416 e. The first-order valence-electron chi connectivity index (χ1n) is 9.49. The molecule has 4 rings (SSSR count). The predicted molar refractivity (Wildman–Crippen MR) is 101 cm³/mol. The highest BCUT2D eigenvalue weighted by Crippen LogP contribution is 2.45. The van der Waals surface area contributed by atoms with Crippen molar-refractivity contribution >= 4 is 6.03 Å². The van der Waals surface area contributed by atoms with Crippen molar-refractivity contribution in [1.29, 1.82) is 0 Å². The van der Waals surface area contributed by atoms with Gasteiger partial charge in [-0.1, -0.05) is 50.2 Å². The molecule has 2 aromatic rings. The fourth-order valence-corrected chi connectivity index (χ4v) is 3.94. The number of urea groups is 1. The zero-order valence-electron chi connectivity index (χ0n) is 15.9. The van der Waals surface area contributed by atoms with Crippen molar-refractivity contribution in [3.8, 4) is 0 Å². The lowest BCUT2D eigenvalue weighted by molar-refractivity contribution is -0.137. The molecule has 1 fully saturated rings. The first-order valence-corrected chi connectivity index (χ1v) is 9.49. The summed E-state index contributed by atoms with van der Waals surface area (Å²) in [5.74, 6) is 0. The van der Waals surface area contributed by atoms with Crippen LogP contribution in [0.15, 0.2) is 48.5 Å². The average Bonchev–Trinajstić information content (AvgIpc) is 3.25. The lowest BCUT2D eigenvalue weighted by Crippen LogP contribution is -2.47. The number of nitrogens with zero attached hydrogens (tertiary/aromatic N) is 1. The number of amides is 2. The number of hydrogen-bond acceptors (Lipinski definition) is 1. The van der Waals surface area contributed by atoms with Gasteiger partial charge in [-0.25, -0.2) is 4.79 Å². The summed E-state index contributed by atoms with van der Waals surface area (Å²) < 4.78 is 38.9. The van der Waals surface area contributed by atoms with Crippen molar-refractivity contribution in [3.63, 3.8) is 0 Å². The van der Waals surface area contributed by atoms with E-state index in [-0.39, 0.29) is 17.5 Å². The monoisotopic (exact) mass is 388 g/mol. The molecule has 6 heteroatoms. The Hall–Kier alpha value is -2.50. The molecule has 148 valence electrons. The van der Waals surface area contributed by atoms with Gasteiger partial charge in [0.1, 0.15) is 0 Å². The van der Waals surface area contributed by atoms with Crippen LogP contribution in [-0.2, 0) is 12.6 Å². The molecule has 1 aliphatic heterocycles. The van der Waals surface area contributed by atoms with E-state index in [0.717, 1.165) is 36.1 Å². The van der Waals surface area contributed by atoms with E-state index in [0.29, 0.717) is 12.1 Å². The number of benzene rings is 2. The highest BCUT2D eigenvalue weighted by Gasteiger charge is 2.47. The number of fused-ring (bicyclic) bond motifs is 1. The second-order valence-corrected chi connectivity index (χ2v) is 8.36. The Morgan fingerprint density at radius 3 is 2.36 bits per heavy atom. The minimum atomic E-state index is -4.38. The highest BCUT2D eigenvalue weighted by molar-refractivity contribution is 5.77. The topological polar surface area (TPSA) is 32.3 Å². The largest absolute Gasteiger partial charge is 0.416 e. The number of carbonyl (C=O) groups excluding carboxylic acids is 1. The van der Waals surface area contributed by atoms with Gasteiger partial charge in [0, 0.05) is 12.6 Å². The van der Waals surface area contributed by atoms with Crippen LogP contribution in [0.4, 0.5) is 18.0 Å². The molecule has 2 amide bonds. The van der Waals surface area contributed by atoms with Crippen LogP contribution >= 0.6 is 0 Å². The molecule has 2 aromatic carbocycles. The van der Waals surface area contributed by atoms with Gasteiger partial charge in [0.25, 0.3) is 0 Å². The predicted octanol–water partition coefficient (Wildman–Crippen LogP) is 5.16. The summed E-state index contributed by atoms with van der Waals surface area (Å²) >= 11 is 0. The van der Waals surface area contributed by atoms with Crippen LogP contribution in [0.1, 0.15) is 48.6 Å². The van der Waals surface area contributed by atoms with Crippen LogP contribution in [0.25, 0.3) is 0 Å². The summed E-state index contributed by atoms with van der Waals surface area (Å²) in [4.78, 5) is 14.7. The quantitative estimate of drug-likeness (QED) is 0.757. The Balaban J connectivity index is 1.67. The van der Waals surface area contributed by atoms with Crippen molar-refractivity contribution in [1.82, 2.24) is 10.2 Å². The summed E-state index contributed by atoms with van der Waals surface area (Å²) in [6.07, 6.45) is -2.71. The summed E-state index contributed by atoms with van der Waals surface area (Å²) in [7, 11) is 0. The molecular formula is C22H23F3N2O. The van der Waals surface area contributed by atoms with Gasteiger partial charge in [0.05, 0.1) is 11.6 Å². The fraction of sp³-hybridized carbons (Fsp3) is 0.409. The van der Waals surface area contributed by atoms with Crippen LogP contribution in [0, 0.1) is 5.41 Å². The third-order valence-electron chi connectivity index (χ3n) is 5.91. The van der Waals surface area contributed by atoms with Crippen molar-refractivity contribution in [3.05, 3.63) is 70.8 Å². The van der Waals surface area contributed by atoms with Gasteiger partial charge >= 0.3 is 12.2 Å². The third kappa shape index (κ3) is 3.48. The average molecular weight is 388 g/mol. The molecule has 1 saturated carbocycles. The summed E-state index contributed by atoms with van der Waals surface area (Å²) in [5, 5.41) is 3.09. The molecule has 0 bridgehead atoms. The summed E-state index contributed by atoms with van der Waals surface area (Å²) in [5.41, 5.74) is 2.20. The van der Waals surface area contributed by atoms with E-state index < -0.39 is 17.8 Å². The van der Waals surface area contributed by atoms with Crippen LogP contribution < -0.4 is 5.32 Å². The van der Waals surface area contributed by atoms with Crippen LogP contribution in [0.2, 0.25) is 0 Å². The Labute approximate surface area is 162 Å². The molecule has 28 heavy (non-hydrogen) atoms. The number of carbonyl (C=O) groups is 1. The molecule has 0 radical (unpaired) electrons. The molecule has 1 heterocycles. The maximum absolute atomic E-state index is 13.0. The minimum absolute atomic E-state index is 0.104. The molecule has 2 atom stereocenters. The SMILES string of the molecule is CC1(C)CC1NC(=O)N1CCc2ccccc2[C@H]1c1ccc(C(F)(F)F)cc1. The van der Waals surface area contributed by atoms with Gasteiger partial charge < -0.3 is 10.2 Å². The van der Waals surface area contributed by atoms with Gasteiger partial charge in [-0.05, 0) is 47.1 Å². The number of hydrogen-bond donors (Lipinski definition) is 1.